The van der Waals surface area contributed by atoms with Crippen LogP contribution in [0.25, 0.3) is 22.0 Å². The van der Waals surface area contributed by atoms with Gasteiger partial charge in [-0.3, -0.25) is 4.79 Å². The lowest BCUT2D eigenvalue weighted by atomic mass is 9.99. The van der Waals surface area contributed by atoms with Crippen molar-refractivity contribution in [2.24, 2.45) is 0 Å². The fourth-order valence-electron chi connectivity index (χ4n) is 3.66. The van der Waals surface area contributed by atoms with Crippen molar-refractivity contribution in [2.75, 3.05) is 7.11 Å². The quantitative estimate of drug-likeness (QED) is 0.365. The molecule has 0 bridgehead atoms. The molecule has 4 aromatic rings. The topological polar surface area (TPSA) is 31.2 Å². The Kier molecular flexibility index (Phi) is 5.50. The Balaban J connectivity index is 1.98. The van der Waals surface area contributed by atoms with Crippen molar-refractivity contribution >= 4 is 22.5 Å². The minimum Gasteiger partial charge on any atom is -0.491 e. The number of fused-ring (bicyclic) bond motifs is 1. The molecule has 0 amide bonds. The minimum atomic E-state index is -4.51. The summed E-state index contributed by atoms with van der Waals surface area (Å²) in [5, 5.41) is 0.892. The van der Waals surface area contributed by atoms with Crippen LogP contribution in [0.1, 0.15) is 11.1 Å². The van der Waals surface area contributed by atoms with Gasteiger partial charge in [0, 0.05) is 16.0 Å². The van der Waals surface area contributed by atoms with Gasteiger partial charge in [0.15, 0.2) is 5.75 Å². The van der Waals surface area contributed by atoms with Gasteiger partial charge < -0.3 is 9.30 Å². The van der Waals surface area contributed by atoms with Crippen molar-refractivity contribution in [1.82, 2.24) is 4.57 Å². The number of hydrogen-bond donors (Lipinski definition) is 0. The van der Waals surface area contributed by atoms with Crippen LogP contribution >= 0.6 is 11.6 Å². The Morgan fingerprint density at radius 2 is 1.65 bits per heavy atom. The van der Waals surface area contributed by atoms with Crippen LogP contribution in [-0.2, 0) is 12.7 Å². The number of nitrogens with zero attached hydrogens (tertiary/aromatic N) is 1. The van der Waals surface area contributed by atoms with Gasteiger partial charge in [0.2, 0.25) is 0 Å². The van der Waals surface area contributed by atoms with Gasteiger partial charge in [-0.15, -0.1) is 0 Å². The average molecular weight is 444 g/mol. The lowest BCUT2D eigenvalue weighted by Crippen LogP contribution is -2.24. The van der Waals surface area contributed by atoms with E-state index in [0.29, 0.717) is 11.1 Å². The molecule has 0 unspecified atom stereocenters. The summed E-state index contributed by atoms with van der Waals surface area (Å²) in [4.78, 5) is 13.4. The summed E-state index contributed by atoms with van der Waals surface area (Å²) in [6.45, 7) is -0.131. The van der Waals surface area contributed by atoms with Crippen LogP contribution in [0.3, 0.4) is 0 Å². The van der Waals surface area contributed by atoms with E-state index in [0.717, 1.165) is 23.1 Å². The van der Waals surface area contributed by atoms with E-state index in [4.69, 9.17) is 16.3 Å². The van der Waals surface area contributed by atoms with Gasteiger partial charge in [-0.1, -0.05) is 60.1 Å². The summed E-state index contributed by atoms with van der Waals surface area (Å²) in [6.07, 6.45) is -4.51. The second-order valence-corrected chi connectivity index (χ2v) is 7.39. The van der Waals surface area contributed by atoms with Crippen LogP contribution in [0.4, 0.5) is 13.2 Å². The number of para-hydroxylation sites is 1. The number of methoxy groups -OCH3 is 1. The highest BCUT2D eigenvalue weighted by Crippen LogP contribution is 2.36. The first kappa shape index (κ1) is 21.0. The van der Waals surface area contributed by atoms with E-state index >= 15 is 0 Å². The van der Waals surface area contributed by atoms with E-state index in [1.807, 2.05) is 42.5 Å². The molecule has 0 radical (unpaired) electrons. The Morgan fingerprint density at radius 1 is 0.968 bits per heavy atom. The highest BCUT2D eigenvalue weighted by Gasteiger charge is 2.31. The molecule has 0 saturated heterocycles. The third-order valence-electron chi connectivity index (χ3n) is 5.10. The molecule has 4 rings (SSSR count). The molecule has 0 aliphatic heterocycles. The van der Waals surface area contributed by atoms with E-state index in [1.54, 1.807) is 12.1 Å². The molecule has 1 heterocycles. The Hall–Kier alpha value is -3.25. The number of ether oxygens (including phenoxy) is 1. The zero-order chi connectivity index (χ0) is 22.2. The van der Waals surface area contributed by atoms with Crippen molar-refractivity contribution in [3.63, 3.8) is 0 Å². The zero-order valence-corrected chi connectivity index (χ0v) is 17.2. The maximum Gasteiger partial charge on any atom is 0.416 e. The number of benzene rings is 3. The summed E-state index contributed by atoms with van der Waals surface area (Å²) in [5.41, 5.74) is 0.927. The molecular weight excluding hydrogens is 427 g/mol. The molecule has 0 spiro atoms. The van der Waals surface area contributed by atoms with Gasteiger partial charge in [0.05, 0.1) is 24.7 Å². The monoisotopic (exact) mass is 443 g/mol. The molecule has 0 N–H and O–H groups in total. The van der Waals surface area contributed by atoms with Crippen LogP contribution < -0.4 is 10.3 Å². The van der Waals surface area contributed by atoms with Crippen LogP contribution in [-0.4, -0.2) is 11.7 Å². The first-order chi connectivity index (χ1) is 14.8. The van der Waals surface area contributed by atoms with Crippen LogP contribution in [0, 0.1) is 0 Å². The second-order valence-electron chi connectivity index (χ2n) is 6.99. The third-order valence-corrected chi connectivity index (χ3v) is 5.47. The molecule has 0 aliphatic rings. The highest BCUT2D eigenvalue weighted by atomic mass is 35.5. The first-order valence-corrected chi connectivity index (χ1v) is 9.79. The predicted molar refractivity (Wildman–Crippen MR) is 116 cm³/mol. The number of alkyl halides is 3. The summed E-state index contributed by atoms with van der Waals surface area (Å²) >= 11 is 6.19. The molecule has 0 fully saturated rings. The lowest BCUT2D eigenvalue weighted by Gasteiger charge is -2.18. The van der Waals surface area contributed by atoms with Crippen molar-refractivity contribution in [3.8, 4) is 16.9 Å². The molecule has 158 valence electrons. The zero-order valence-electron chi connectivity index (χ0n) is 16.4. The van der Waals surface area contributed by atoms with Gasteiger partial charge in [0.25, 0.3) is 5.56 Å². The minimum absolute atomic E-state index is 0.119. The van der Waals surface area contributed by atoms with Crippen molar-refractivity contribution in [2.45, 2.75) is 12.7 Å². The predicted octanol–water partition coefficient (Wildman–Crippen LogP) is 6.40. The number of pyridine rings is 1. The molecule has 31 heavy (non-hydrogen) atoms. The van der Waals surface area contributed by atoms with Crippen LogP contribution in [0.15, 0.2) is 77.6 Å². The fraction of sp³-hybridized carbons (Fsp3) is 0.125. The molecule has 3 nitrogen and oxygen atoms in total. The van der Waals surface area contributed by atoms with E-state index in [1.165, 1.54) is 17.7 Å². The second kappa shape index (κ2) is 8.12. The number of hydrogen-bond acceptors (Lipinski definition) is 2. The van der Waals surface area contributed by atoms with Gasteiger partial charge in [-0.05, 0) is 35.4 Å². The summed E-state index contributed by atoms with van der Waals surface area (Å²) < 4.78 is 46.5. The summed E-state index contributed by atoms with van der Waals surface area (Å²) in [7, 11) is 1.40. The maximum absolute atomic E-state index is 13.4. The Morgan fingerprint density at radius 3 is 2.32 bits per heavy atom. The maximum atomic E-state index is 13.4. The average Bonchev–Trinajstić information content (AvgIpc) is 2.76. The summed E-state index contributed by atoms with van der Waals surface area (Å²) in [5.74, 6) is 0.119. The van der Waals surface area contributed by atoms with Gasteiger partial charge in [-0.2, -0.15) is 13.2 Å². The third kappa shape index (κ3) is 3.91. The number of rotatable bonds is 4. The number of halogens is 4. The molecule has 0 aliphatic carbocycles. The van der Waals surface area contributed by atoms with E-state index in [9.17, 15) is 18.0 Å². The van der Waals surface area contributed by atoms with Gasteiger partial charge in [0.1, 0.15) is 0 Å². The molecule has 3 aromatic carbocycles. The smallest absolute Gasteiger partial charge is 0.416 e. The SMILES string of the molecule is COc1c(-c2ccccc2)c2ccccc2n(Cc2cc(C(F)(F)F)ccc2Cl)c1=O. The first-order valence-electron chi connectivity index (χ1n) is 9.42. The molecule has 0 atom stereocenters. The van der Waals surface area contributed by atoms with E-state index in [-0.39, 0.29) is 22.9 Å². The fourth-order valence-corrected chi connectivity index (χ4v) is 3.84. The van der Waals surface area contributed by atoms with Crippen LogP contribution in [0.5, 0.6) is 5.75 Å². The lowest BCUT2D eigenvalue weighted by molar-refractivity contribution is -0.137. The molecule has 7 heteroatoms. The van der Waals surface area contributed by atoms with Gasteiger partial charge >= 0.3 is 6.18 Å². The Labute approximate surface area is 181 Å². The van der Waals surface area contributed by atoms with Crippen LogP contribution in [0.2, 0.25) is 5.02 Å². The van der Waals surface area contributed by atoms with E-state index < -0.39 is 17.3 Å². The Bertz CT molecular complexity index is 1310. The van der Waals surface area contributed by atoms with Crippen molar-refractivity contribution in [1.29, 1.82) is 0 Å². The molecule has 0 saturated carbocycles. The molecule has 1 aromatic heterocycles. The van der Waals surface area contributed by atoms with Crippen molar-refractivity contribution < 1.29 is 17.9 Å². The standard InChI is InChI=1S/C24H17ClF3NO2/c1-31-22-21(15-7-3-2-4-8-15)18-9-5-6-10-20(18)29(23(22)30)14-16-13-17(24(26,27)28)11-12-19(16)25/h2-13H,14H2,1H3. The van der Waals surface area contributed by atoms with E-state index in [2.05, 4.69) is 0 Å². The van der Waals surface area contributed by atoms with Crippen molar-refractivity contribution in [3.05, 3.63) is 99.3 Å². The highest BCUT2D eigenvalue weighted by molar-refractivity contribution is 6.31. The normalized spacial score (nSPS) is 11.6. The molecular formula is C24H17ClF3NO2. The summed E-state index contributed by atoms with van der Waals surface area (Å²) in [6, 6.07) is 19.6. The van der Waals surface area contributed by atoms with Gasteiger partial charge in [-0.25, -0.2) is 0 Å². The largest absolute Gasteiger partial charge is 0.491 e. The number of aromatic nitrogens is 1.